The molecule has 0 amide bonds. The summed E-state index contributed by atoms with van der Waals surface area (Å²) >= 11 is 7.60. The molecule has 0 saturated carbocycles. The van der Waals surface area contributed by atoms with Gasteiger partial charge in [0, 0.05) is 10.6 Å². The molecule has 1 unspecified atom stereocenters. The number of Topliss-reactive ketones (excluding diaryl/α,β-unsaturated/α-hetero) is 1. The molecule has 0 aliphatic heterocycles. The van der Waals surface area contributed by atoms with Crippen LogP contribution in [0.4, 0.5) is 0 Å². The average molecular weight is 445 g/mol. The zero-order valence-electron chi connectivity index (χ0n) is 17.8. The van der Waals surface area contributed by atoms with Gasteiger partial charge in [-0.1, -0.05) is 68.3 Å². The number of halogens is 1. The highest BCUT2D eigenvalue weighted by Crippen LogP contribution is 2.39. The number of ketones is 1. The number of allylic oxidation sites excluding steroid dienone is 1. The van der Waals surface area contributed by atoms with Gasteiger partial charge in [0.1, 0.15) is 5.25 Å². The van der Waals surface area contributed by atoms with Gasteiger partial charge in [0.05, 0.1) is 6.61 Å². The van der Waals surface area contributed by atoms with Crippen LogP contribution in [0.2, 0.25) is 5.02 Å². The number of hydrogen-bond acceptors (Lipinski definition) is 4. The molecule has 160 valence electrons. The van der Waals surface area contributed by atoms with Crippen molar-refractivity contribution in [1.82, 2.24) is 0 Å². The van der Waals surface area contributed by atoms with Crippen molar-refractivity contribution in [3.05, 3.63) is 75.1 Å². The number of thioether (sulfide) groups is 1. The third-order valence-corrected chi connectivity index (χ3v) is 6.08. The van der Waals surface area contributed by atoms with Crippen LogP contribution in [0.15, 0.2) is 53.4 Å². The van der Waals surface area contributed by atoms with E-state index in [4.69, 9.17) is 16.3 Å². The highest BCUT2D eigenvalue weighted by atomic mass is 35.5. The second-order valence-corrected chi connectivity index (χ2v) is 8.75. The van der Waals surface area contributed by atoms with Crippen molar-refractivity contribution >= 4 is 41.2 Å². The van der Waals surface area contributed by atoms with Gasteiger partial charge in [-0.05, 0) is 60.4 Å². The Morgan fingerprint density at radius 1 is 1.10 bits per heavy atom. The van der Waals surface area contributed by atoms with Gasteiger partial charge in [0.2, 0.25) is 0 Å². The van der Waals surface area contributed by atoms with Crippen LogP contribution in [0.5, 0.6) is 0 Å². The normalized spacial score (nSPS) is 12.5. The molecule has 0 aromatic heterocycles. The summed E-state index contributed by atoms with van der Waals surface area (Å²) in [5, 5.41) is 0.0827. The van der Waals surface area contributed by atoms with Crippen molar-refractivity contribution in [2.24, 2.45) is 0 Å². The molecule has 0 bridgehead atoms. The van der Waals surface area contributed by atoms with Gasteiger partial charge in [-0.25, -0.2) is 0 Å². The lowest BCUT2D eigenvalue weighted by Crippen LogP contribution is -2.14. The molecule has 1 atom stereocenters. The van der Waals surface area contributed by atoms with Crippen molar-refractivity contribution in [3.63, 3.8) is 0 Å². The van der Waals surface area contributed by atoms with E-state index in [2.05, 4.69) is 6.92 Å². The van der Waals surface area contributed by atoms with E-state index in [1.54, 1.807) is 12.1 Å². The fourth-order valence-electron chi connectivity index (χ4n) is 2.96. The lowest BCUT2D eigenvalue weighted by molar-refractivity contribution is -0.143. The number of benzene rings is 2. The maximum atomic E-state index is 12.8. The maximum Gasteiger partial charge on any atom is 0.323 e. The van der Waals surface area contributed by atoms with E-state index in [0.717, 1.165) is 41.7 Å². The Balaban J connectivity index is 2.42. The summed E-state index contributed by atoms with van der Waals surface area (Å²) in [5.74, 6) is -0.274. The fraction of sp³-hybridized carbons (Fsp3) is 0.360. The standard InChI is InChI=1S/C25H29ClO3S/c1-4-6-12-22(16-20-13-14-21(26)17-23(20)18(3)27)30-24(25(28)29-15-5-2)19-10-8-7-9-11-19/h7-11,13-14,16-17,24H,4-6,12,15H2,1-3H3/b22-16+. The van der Waals surface area contributed by atoms with E-state index < -0.39 is 5.25 Å². The Kier molecular flexibility index (Phi) is 10.2. The average Bonchev–Trinajstić information content (AvgIpc) is 2.75. The molecule has 2 aromatic rings. The monoisotopic (exact) mass is 444 g/mol. The van der Waals surface area contributed by atoms with Crippen LogP contribution >= 0.6 is 23.4 Å². The number of carbonyl (C=O) groups excluding carboxylic acids is 2. The first kappa shape index (κ1) is 24.2. The van der Waals surface area contributed by atoms with E-state index in [9.17, 15) is 9.59 Å². The maximum absolute atomic E-state index is 12.8. The van der Waals surface area contributed by atoms with E-state index in [0.29, 0.717) is 17.2 Å². The molecule has 0 spiro atoms. The first-order valence-electron chi connectivity index (χ1n) is 10.4. The van der Waals surface area contributed by atoms with Crippen molar-refractivity contribution in [3.8, 4) is 0 Å². The minimum absolute atomic E-state index is 0.0365. The number of ether oxygens (including phenoxy) is 1. The molecule has 0 aliphatic carbocycles. The molecule has 0 heterocycles. The summed E-state index contributed by atoms with van der Waals surface area (Å²) in [6, 6.07) is 15.0. The summed E-state index contributed by atoms with van der Waals surface area (Å²) in [5.41, 5.74) is 2.31. The first-order chi connectivity index (χ1) is 14.5. The van der Waals surface area contributed by atoms with Crippen LogP contribution in [0.1, 0.15) is 73.2 Å². The molecular formula is C25H29ClO3S. The van der Waals surface area contributed by atoms with E-state index in [1.807, 2.05) is 49.4 Å². The van der Waals surface area contributed by atoms with E-state index in [-0.39, 0.29) is 11.8 Å². The second-order valence-electron chi connectivity index (χ2n) is 7.08. The van der Waals surface area contributed by atoms with Crippen LogP contribution in [0.3, 0.4) is 0 Å². The summed E-state index contributed by atoms with van der Waals surface area (Å²) < 4.78 is 5.48. The molecule has 0 saturated heterocycles. The van der Waals surface area contributed by atoms with Crippen molar-refractivity contribution in [1.29, 1.82) is 0 Å². The minimum Gasteiger partial charge on any atom is -0.465 e. The minimum atomic E-state index is -0.450. The van der Waals surface area contributed by atoms with Gasteiger partial charge >= 0.3 is 5.97 Å². The molecule has 0 fully saturated rings. The smallest absolute Gasteiger partial charge is 0.323 e. The molecule has 0 radical (unpaired) electrons. The summed E-state index contributed by atoms with van der Waals surface area (Å²) in [6.07, 6.45) is 5.65. The Bertz CT molecular complexity index is 877. The topological polar surface area (TPSA) is 43.4 Å². The Morgan fingerprint density at radius 3 is 2.47 bits per heavy atom. The van der Waals surface area contributed by atoms with Crippen LogP contribution in [-0.4, -0.2) is 18.4 Å². The number of hydrogen-bond donors (Lipinski definition) is 0. The van der Waals surface area contributed by atoms with E-state index in [1.165, 1.54) is 18.7 Å². The summed E-state index contributed by atoms with van der Waals surface area (Å²) in [4.78, 5) is 26.0. The molecule has 0 aliphatic rings. The summed E-state index contributed by atoms with van der Waals surface area (Å²) in [7, 11) is 0. The molecular weight excluding hydrogens is 416 g/mol. The molecule has 2 rings (SSSR count). The van der Waals surface area contributed by atoms with Crippen molar-refractivity contribution in [2.75, 3.05) is 6.61 Å². The number of esters is 1. The Labute approximate surface area is 188 Å². The quantitative estimate of drug-likeness (QED) is 0.266. The van der Waals surface area contributed by atoms with Crippen LogP contribution in [-0.2, 0) is 9.53 Å². The highest BCUT2D eigenvalue weighted by molar-refractivity contribution is 8.04. The lowest BCUT2D eigenvalue weighted by Gasteiger charge is -2.18. The lowest BCUT2D eigenvalue weighted by atomic mass is 10.0. The third-order valence-electron chi connectivity index (χ3n) is 4.52. The zero-order chi connectivity index (χ0) is 21.9. The zero-order valence-corrected chi connectivity index (χ0v) is 19.4. The van der Waals surface area contributed by atoms with E-state index >= 15 is 0 Å². The predicted molar refractivity (Wildman–Crippen MR) is 127 cm³/mol. The van der Waals surface area contributed by atoms with Gasteiger partial charge in [-0.2, -0.15) is 0 Å². The molecule has 2 aromatic carbocycles. The van der Waals surface area contributed by atoms with Gasteiger partial charge in [-0.15, -0.1) is 11.8 Å². The van der Waals surface area contributed by atoms with Crippen LogP contribution < -0.4 is 0 Å². The number of carbonyl (C=O) groups is 2. The third kappa shape index (κ3) is 7.33. The van der Waals surface area contributed by atoms with Gasteiger partial charge < -0.3 is 4.74 Å². The Hall–Kier alpha value is -2.04. The van der Waals surface area contributed by atoms with Crippen LogP contribution in [0, 0.1) is 0 Å². The Morgan fingerprint density at radius 2 is 1.83 bits per heavy atom. The fourth-order valence-corrected chi connectivity index (χ4v) is 4.35. The number of unbranched alkanes of at least 4 members (excludes halogenated alkanes) is 1. The number of rotatable bonds is 11. The molecule has 0 N–H and O–H groups in total. The van der Waals surface area contributed by atoms with Gasteiger partial charge in [0.25, 0.3) is 0 Å². The molecule has 30 heavy (non-hydrogen) atoms. The van der Waals surface area contributed by atoms with Crippen LogP contribution in [0.25, 0.3) is 6.08 Å². The van der Waals surface area contributed by atoms with Crippen molar-refractivity contribution < 1.29 is 14.3 Å². The molecule has 5 heteroatoms. The first-order valence-corrected chi connectivity index (χ1v) is 11.6. The highest BCUT2D eigenvalue weighted by Gasteiger charge is 2.24. The van der Waals surface area contributed by atoms with Gasteiger partial charge in [0.15, 0.2) is 5.78 Å². The van der Waals surface area contributed by atoms with Crippen molar-refractivity contribution in [2.45, 2.75) is 51.7 Å². The van der Waals surface area contributed by atoms with Gasteiger partial charge in [-0.3, -0.25) is 9.59 Å². The summed E-state index contributed by atoms with van der Waals surface area (Å²) in [6.45, 7) is 6.06. The predicted octanol–water partition coefficient (Wildman–Crippen LogP) is 7.50. The second kappa shape index (κ2) is 12.6. The molecule has 3 nitrogen and oxygen atoms in total. The largest absolute Gasteiger partial charge is 0.465 e. The SMILES string of the molecule is CCCC/C(=C\c1ccc(Cl)cc1C(C)=O)SC(C(=O)OCCC)c1ccccc1.